The third kappa shape index (κ3) is 3.12. The molecular weight excluding hydrogens is 198 g/mol. The van der Waals surface area contributed by atoms with Crippen molar-refractivity contribution >= 4 is 11.5 Å². The molecule has 3 nitrogen and oxygen atoms in total. The van der Waals surface area contributed by atoms with Crippen molar-refractivity contribution in [2.45, 2.75) is 34.6 Å². The highest BCUT2D eigenvalue weighted by Gasteiger charge is 2.21. The summed E-state index contributed by atoms with van der Waals surface area (Å²) in [6, 6.07) is 3.83. The van der Waals surface area contributed by atoms with Crippen LogP contribution in [0.15, 0.2) is 12.1 Å². The van der Waals surface area contributed by atoms with Crippen molar-refractivity contribution in [3.63, 3.8) is 0 Å². The lowest BCUT2D eigenvalue weighted by molar-refractivity contribution is 0.269. The Morgan fingerprint density at radius 1 is 1.38 bits per heavy atom. The molecule has 0 amide bonds. The molecule has 3 N–H and O–H groups in total. The van der Waals surface area contributed by atoms with Crippen molar-refractivity contribution in [1.82, 2.24) is 4.98 Å². The number of anilines is 2. The summed E-state index contributed by atoms with van der Waals surface area (Å²) >= 11 is 0. The molecule has 90 valence electrons. The summed E-state index contributed by atoms with van der Waals surface area (Å²) in [5.41, 5.74) is 7.62. The third-order valence-corrected chi connectivity index (χ3v) is 3.41. The van der Waals surface area contributed by atoms with Crippen LogP contribution in [-0.4, -0.2) is 11.5 Å². The third-order valence-electron chi connectivity index (χ3n) is 3.41. The number of nitrogens with two attached hydrogens (primary N) is 1. The van der Waals surface area contributed by atoms with Gasteiger partial charge in [-0.2, -0.15) is 0 Å². The van der Waals surface area contributed by atoms with Gasteiger partial charge in [0.15, 0.2) is 0 Å². The van der Waals surface area contributed by atoms with E-state index < -0.39 is 0 Å². The number of rotatable bonds is 4. The molecule has 0 bridgehead atoms. The van der Waals surface area contributed by atoms with Gasteiger partial charge in [0.05, 0.1) is 11.4 Å². The summed E-state index contributed by atoms with van der Waals surface area (Å²) in [7, 11) is 0. The Morgan fingerprint density at radius 2 is 2.00 bits per heavy atom. The number of nitrogen functional groups attached to an aromatic ring is 1. The fourth-order valence-electron chi connectivity index (χ4n) is 1.19. The van der Waals surface area contributed by atoms with Crippen LogP contribution < -0.4 is 11.1 Å². The number of pyridine rings is 1. The molecule has 0 radical (unpaired) electrons. The lowest BCUT2D eigenvalue weighted by Crippen LogP contribution is -2.28. The molecule has 3 heteroatoms. The fraction of sp³-hybridized carbons (Fsp3) is 0.615. The predicted octanol–water partition coefficient (Wildman–Crippen LogP) is 3.07. The smallest absolute Gasteiger partial charge is 0.126 e. The molecule has 1 aromatic rings. The first-order valence-corrected chi connectivity index (χ1v) is 5.80. The van der Waals surface area contributed by atoms with Gasteiger partial charge >= 0.3 is 0 Å². The summed E-state index contributed by atoms with van der Waals surface area (Å²) in [5.74, 6) is 1.54. The van der Waals surface area contributed by atoms with Crippen molar-refractivity contribution in [1.29, 1.82) is 0 Å². The van der Waals surface area contributed by atoms with Gasteiger partial charge < -0.3 is 11.1 Å². The van der Waals surface area contributed by atoms with Crippen LogP contribution in [0, 0.1) is 18.3 Å². The Labute approximate surface area is 98.5 Å². The van der Waals surface area contributed by atoms with Gasteiger partial charge in [0.25, 0.3) is 0 Å². The van der Waals surface area contributed by atoms with Crippen molar-refractivity contribution < 1.29 is 0 Å². The number of hydrogen-bond donors (Lipinski definition) is 2. The van der Waals surface area contributed by atoms with Gasteiger partial charge in [-0.3, -0.25) is 0 Å². The average Bonchev–Trinajstić information content (AvgIpc) is 2.20. The molecule has 0 unspecified atom stereocenters. The van der Waals surface area contributed by atoms with Crippen LogP contribution in [0.25, 0.3) is 0 Å². The van der Waals surface area contributed by atoms with E-state index in [1.54, 1.807) is 0 Å². The topological polar surface area (TPSA) is 50.9 Å². The molecule has 0 aliphatic heterocycles. The Morgan fingerprint density at radius 3 is 2.50 bits per heavy atom. The molecule has 0 aliphatic carbocycles. The number of aryl methyl sites for hydroxylation is 1. The Balaban J connectivity index is 2.65. The first-order chi connectivity index (χ1) is 7.33. The van der Waals surface area contributed by atoms with Crippen molar-refractivity contribution in [2.75, 3.05) is 17.6 Å². The molecule has 1 heterocycles. The highest BCUT2D eigenvalue weighted by molar-refractivity contribution is 5.49. The maximum atomic E-state index is 5.73. The lowest BCUT2D eigenvalue weighted by atomic mass is 9.81. The zero-order chi connectivity index (χ0) is 12.3. The molecule has 1 rings (SSSR count). The van der Waals surface area contributed by atoms with Gasteiger partial charge in [0.2, 0.25) is 0 Å². The normalized spacial score (nSPS) is 11.9. The predicted molar refractivity (Wildman–Crippen MR) is 70.5 cm³/mol. The molecule has 16 heavy (non-hydrogen) atoms. The number of nitrogens with one attached hydrogen (secondary N) is 1. The maximum Gasteiger partial charge on any atom is 0.126 e. The molecule has 0 saturated heterocycles. The van der Waals surface area contributed by atoms with Crippen molar-refractivity contribution in [3.05, 3.63) is 17.8 Å². The van der Waals surface area contributed by atoms with E-state index in [1.807, 2.05) is 19.1 Å². The van der Waals surface area contributed by atoms with Crippen LogP contribution in [-0.2, 0) is 0 Å². The van der Waals surface area contributed by atoms with E-state index in [0.717, 1.165) is 23.7 Å². The lowest BCUT2D eigenvalue weighted by Gasteiger charge is -2.29. The fourth-order valence-corrected chi connectivity index (χ4v) is 1.19. The summed E-state index contributed by atoms with van der Waals surface area (Å²) in [5, 5.41) is 3.37. The van der Waals surface area contributed by atoms with Gasteiger partial charge in [0.1, 0.15) is 5.82 Å². The molecule has 0 aromatic carbocycles. The molecule has 0 saturated carbocycles. The molecular formula is C13H23N3. The van der Waals surface area contributed by atoms with Crippen LogP contribution in [0.4, 0.5) is 11.5 Å². The van der Waals surface area contributed by atoms with E-state index in [0.29, 0.717) is 5.92 Å². The SMILES string of the molecule is Cc1nc(NCC(C)(C)C(C)C)ccc1N. The second-order valence-corrected chi connectivity index (χ2v) is 5.37. The second-order valence-electron chi connectivity index (χ2n) is 5.37. The molecule has 1 aromatic heterocycles. The van der Waals surface area contributed by atoms with Gasteiger partial charge in [-0.15, -0.1) is 0 Å². The van der Waals surface area contributed by atoms with Crippen LogP contribution >= 0.6 is 0 Å². The van der Waals surface area contributed by atoms with Crippen molar-refractivity contribution in [2.24, 2.45) is 11.3 Å². The Bertz CT molecular complexity index is 356. The number of hydrogen-bond acceptors (Lipinski definition) is 3. The Hall–Kier alpha value is -1.25. The summed E-state index contributed by atoms with van der Waals surface area (Å²) in [6.45, 7) is 11.8. The molecule has 0 aliphatic rings. The van der Waals surface area contributed by atoms with Gasteiger partial charge in [-0.1, -0.05) is 27.7 Å². The van der Waals surface area contributed by atoms with E-state index >= 15 is 0 Å². The average molecular weight is 221 g/mol. The van der Waals surface area contributed by atoms with Crippen molar-refractivity contribution in [3.8, 4) is 0 Å². The minimum Gasteiger partial charge on any atom is -0.397 e. The zero-order valence-corrected chi connectivity index (χ0v) is 11.0. The van der Waals surface area contributed by atoms with Crippen LogP contribution in [0.2, 0.25) is 0 Å². The maximum absolute atomic E-state index is 5.73. The highest BCUT2D eigenvalue weighted by atomic mass is 15.0. The minimum absolute atomic E-state index is 0.261. The minimum atomic E-state index is 0.261. The highest BCUT2D eigenvalue weighted by Crippen LogP contribution is 2.26. The van der Waals surface area contributed by atoms with E-state index in [1.165, 1.54) is 0 Å². The second kappa shape index (κ2) is 4.73. The van der Waals surface area contributed by atoms with Crippen LogP contribution in [0.1, 0.15) is 33.4 Å². The first-order valence-electron chi connectivity index (χ1n) is 5.80. The van der Waals surface area contributed by atoms with Crippen LogP contribution in [0.3, 0.4) is 0 Å². The summed E-state index contributed by atoms with van der Waals surface area (Å²) in [6.07, 6.45) is 0. The monoisotopic (exact) mass is 221 g/mol. The zero-order valence-electron chi connectivity index (χ0n) is 11.0. The number of aromatic nitrogens is 1. The molecule has 0 fully saturated rings. The van der Waals surface area contributed by atoms with E-state index in [2.05, 4.69) is 38.0 Å². The largest absolute Gasteiger partial charge is 0.397 e. The van der Waals surface area contributed by atoms with E-state index in [9.17, 15) is 0 Å². The molecule has 0 atom stereocenters. The van der Waals surface area contributed by atoms with Gasteiger partial charge in [-0.25, -0.2) is 4.98 Å². The van der Waals surface area contributed by atoms with Gasteiger partial charge in [0, 0.05) is 6.54 Å². The van der Waals surface area contributed by atoms with Gasteiger partial charge in [-0.05, 0) is 30.4 Å². The summed E-state index contributed by atoms with van der Waals surface area (Å²) < 4.78 is 0. The molecule has 0 spiro atoms. The standard InChI is InChI=1S/C13H23N3/c1-9(2)13(4,5)8-15-12-7-6-11(14)10(3)16-12/h6-7,9H,8,14H2,1-5H3,(H,15,16). The Kier molecular flexibility index (Phi) is 3.79. The van der Waals surface area contributed by atoms with E-state index in [-0.39, 0.29) is 5.41 Å². The first kappa shape index (κ1) is 12.8. The van der Waals surface area contributed by atoms with Crippen LogP contribution in [0.5, 0.6) is 0 Å². The van der Waals surface area contributed by atoms with E-state index in [4.69, 9.17) is 5.73 Å². The number of nitrogens with zero attached hydrogens (tertiary/aromatic N) is 1. The quantitative estimate of drug-likeness (QED) is 0.821. The summed E-state index contributed by atoms with van der Waals surface area (Å²) in [4.78, 5) is 4.40.